The maximum Gasteiger partial charge on any atom is 0.194 e. The van der Waals surface area contributed by atoms with Crippen LogP contribution in [-0.4, -0.2) is 4.48 Å². The van der Waals surface area contributed by atoms with Gasteiger partial charge in [0.2, 0.25) is 0 Å². The summed E-state index contributed by atoms with van der Waals surface area (Å²) in [6.07, 6.45) is 4.43. The summed E-state index contributed by atoms with van der Waals surface area (Å²) in [5, 5.41) is 11.4. The normalized spacial score (nSPS) is 13.8. The van der Waals surface area contributed by atoms with Gasteiger partial charge in [-0.25, -0.2) is 26.3 Å². The molecule has 10 aromatic rings. The average molecular weight is 833 g/mol. The molecule has 302 valence electrons. The van der Waals surface area contributed by atoms with Gasteiger partial charge in [0, 0.05) is 43.1 Å². The third-order valence-corrected chi connectivity index (χ3v) is 13.0. The number of benzene rings is 10. The first-order valence-corrected chi connectivity index (χ1v) is 20.7. The molecule has 10 aromatic carbocycles. The van der Waals surface area contributed by atoms with Gasteiger partial charge in [-0.1, -0.05) is 109 Å². The third-order valence-electron chi connectivity index (χ3n) is 13.0. The van der Waals surface area contributed by atoms with Crippen molar-refractivity contribution in [1.29, 1.82) is 0 Å². The second kappa shape index (κ2) is 13.8. The van der Waals surface area contributed by atoms with Crippen molar-refractivity contribution in [1.82, 2.24) is 0 Å². The highest BCUT2D eigenvalue weighted by Gasteiger charge is 2.37. The lowest BCUT2D eigenvalue weighted by molar-refractivity contribution is -0.799. The van der Waals surface area contributed by atoms with E-state index in [0.29, 0.717) is 11.1 Å². The predicted octanol–water partition coefficient (Wildman–Crippen LogP) is 13.4. The summed E-state index contributed by atoms with van der Waals surface area (Å²) < 4.78 is 91.2. The van der Waals surface area contributed by atoms with Gasteiger partial charge in [-0.15, -0.1) is 0 Å². The fraction of sp³-hybridized carbons (Fsp3) is 0.0357. The number of hydrogen-bond donors (Lipinski definition) is 0. The van der Waals surface area contributed by atoms with Crippen LogP contribution in [0.5, 0.6) is 0 Å². The van der Waals surface area contributed by atoms with Crippen LogP contribution in [0, 0.1) is 45.3 Å². The van der Waals surface area contributed by atoms with E-state index in [0.717, 1.165) is 110 Å². The number of halogens is 6. The Morgan fingerprint density at radius 1 is 0.349 bits per heavy atom. The molecule has 1 nitrogen and oxygen atoms in total. The minimum Gasteiger partial charge on any atom is -0.262 e. The second-order valence-electron chi connectivity index (χ2n) is 16.7. The van der Waals surface area contributed by atoms with Gasteiger partial charge in [-0.2, -0.15) is 0 Å². The average Bonchev–Trinajstić information content (AvgIpc) is 3.54. The van der Waals surface area contributed by atoms with E-state index >= 15 is 17.6 Å². The van der Waals surface area contributed by atoms with Crippen LogP contribution in [-0.2, 0) is 13.1 Å². The van der Waals surface area contributed by atoms with Gasteiger partial charge in [0.25, 0.3) is 0 Å². The topological polar surface area (TPSA) is 0 Å². The zero-order valence-electron chi connectivity index (χ0n) is 33.3. The van der Waals surface area contributed by atoms with Crippen molar-refractivity contribution >= 4 is 55.5 Å². The van der Waals surface area contributed by atoms with Gasteiger partial charge in [0.15, 0.2) is 34.9 Å². The molecule has 0 saturated carbocycles. The van der Waals surface area contributed by atoms with E-state index in [4.69, 9.17) is 0 Å². The molecule has 0 fully saturated rings. The zero-order chi connectivity index (χ0) is 42.7. The molecule has 0 radical (unpaired) electrons. The minimum absolute atomic E-state index is 0.103. The van der Waals surface area contributed by atoms with Crippen LogP contribution >= 0.6 is 0 Å². The Labute approximate surface area is 356 Å². The summed E-state index contributed by atoms with van der Waals surface area (Å²) >= 11 is 0. The van der Waals surface area contributed by atoms with Crippen LogP contribution < -0.4 is 10.4 Å². The summed E-state index contributed by atoms with van der Waals surface area (Å²) in [5.41, 5.74) is 4.32. The Morgan fingerprint density at radius 3 is 1.10 bits per heavy atom. The molecule has 1 spiro atoms. The lowest BCUT2D eigenvalue weighted by Crippen LogP contribution is -2.37. The lowest BCUT2D eigenvalue weighted by atomic mass is 9.82. The molecule has 2 heterocycles. The Bertz CT molecular complexity index is 3590. The molecule has 0 aliphatic carbocycles. The number of quaternary nitrogens is 1. The highest BCUT2D eigenvalue weighted by molar-refractivity contribution is 6.12. The number of fused-ring (bicyclic) bond motifs is 13. The molecule has 0 bridgehead atoms. The van der Waals surface area contributed by atoms with Crippen molar-refractivity contribution in [2.75, 3.05) is 0 Å². The maximum absolute atomic E-state index is 15.4. The van der Waals surface area contributed by atoms with Crippen LogP contribution in [0.2, 0.25) is 0 Å². The quantitative estimate of drug-likeness (QED) is 0.0925. The SMILES string of the molecule is Fc1cc(-c2cc3ccccc3c3c2C[N+]2(C=c4ccc5ccccc5c4=c4c(ccc5ccccc45)=C2)Cc2c(-c4cc(F)c(F)c(F)c4)cc4ccccc4c2-3)cc(F)c1F. The number of hydrogen-bond acceptors (Lipinski definition) is 0. The van der Waals surface area contributed by atoms with Crippen LogP contribution in [0.1, 0.15) is 11.1 Å². The highest BCUT2D eigenvalue weighted by Crippen LogP contribution is 2.51. The largest absolute Gasteiger partial charge is 0.262 e. The standard InChI is InChI=1S/C56H32F6N/c57-47-23-37(24-48(58)55(47)61)43-21-33-11-3-7-15-41(33)53-45(43)29-63(30-46-44(38-25-49(59)56(62)50(60)26-38)22-34-12-4-8-16-42(34)54(46)53)27-35-19-17-31-9-1-5-13-39(31)51(35)52-36(28-63)20-18-32-10-2-6-14-40(32)52/h1-28H,29-30H2/q+1. The number of nitrogens with zero attached hydrogens (tertiary/aromatic N) is 1. The molecule has 2 aliphatic heterocycles. The van der Waals surface area contributed by atoms with Crippen molar-refractivity contribution in [3.8, 4) is 33.4 Å². The molecule has 2 aliphatic rings. The summed E-state index contributed by atoms with van der Waals surface area (Å²) in [4.78, 5) is 0. The van der Waals surface area contributed by atoms with E-state index in [-0.39, 0.29) is 28.7 Å². The fourth-order valence-electron chi connectivity index (χ4n) is 10.4. The first kappa shape index (κ1) is 37.3. The summed E-state index contributed by atoms with van der Waals surface area (Å²) in [5.74, 6) is -8.37. The van der Waals surface area contributed by atoms with Gasteiger partial charge >= 0.3 is 0 Å². The molecule has 0 saturated heterocycles. The van der Waals surface area contributed by atoms with Crippen molar-refractivity contribution in [2.45, 2.75) is 13.1 Å². The molecule has 0 aromatic heterocycles. The van der Waals surface area contributed by atoms with Crippen molar-refractivity contribution < 1.29 is 30.8 Å². The van der Waals surface area contributed by atoms with Gasteiger partial charge in [0.05, 0.1) is 0 Å². The van der Waals surface area contributed by atoms with E-state index < -0.39 is 34.9 Å². The first-order chi connectivity index (χ1) is 30.6. The number of rotatable bonds is 2. The van der Waals surface area contributed by atoms with Crippen LogP contribution in [0.15, 0.2) is 158 Å². The van der Waals surface area contributed by atoms with Crippen LogP contribution in [0.4, 0.5) is 26.3 Å². The van der Waals surface area contributed by atoms with E-state index in [9.17, 15) is 8.78 Å². The molecule has 0 unspecified atom stereocenters. The molecular formula is C56H32F6N+. The van der Waals surface area contributed by atoms with E-state index in [2.05, 4.69) is 60.9 Å². The minimum atomic E-state index is -1.56. The molecule has 0 amide bonds. The highest BCUT2D eigenvalue weighted by atomic mass is 19.2. The fourth-order valence-corrected chi connectivity index (χ4v) is 10.4. The van der Waals surface area contributed by atoms with Crippen LogP contribution in [0.25, 0.3) is 88.9 Å². The van der Waals surface area contributed by atoms with Crippen LogP contribution in [0.3, 0.4) is 0 Å². The molecular weight excluding hydrogens is 801 g/mol. The van der Waals surface area contributed by atoms with Gasteiger partial charge in [-0.05, 0) is 114 Å². The third kappa shape index (κ3) is 5.69. The van der Waals surface area contributed by atoms with E-state index in [1.54, 1.807) is 0 Å². The Morgan fingerprint density at radius 2 is 0.698 bits per heavy atom. The smallest absolute Gasteiger partial charge is 0.194 e. The monoisotopic (exact) mass is 832 g/mol. The molecule has 7 heteroatoms. The summed E-state index contributed by atoms with van der Waals surface area (Å²) in [6.45, 7) is 0.479. The van der Waals surface area contributed by atoms with Gasteiger partial charge in [-0.3, -0.25) is 4.48 Å². The first-order valence-electron chi connectivity index (χ1n) is 20.7. The lowest BCUT2D eigenvalue weighted by Gasteiger charge is -2.31. The molecule has 0 atom stereocenters. The summed E-state index contributed by atoms with van der Waals surface area (Å²) in [7, 11) is 0. The van der Waals surface area contributed by atoms with Crippen molar-refractivity contribution in [3.05, 3.63) is 225 Å². The van der Waals surface area contributed by atoms with Gasteiger partial charge in [0.1, 0.15) is 25.5 Å². The predicted molar refractivity (Wildman–Crippen MR) is 239 cm³/mol. The van der Waals surface area contributed by atoms with E-state index in [1.165, 1.54) is 0 Å². The van der Waals surface area contributed by atoms with Gasteiger partial charge < -0.3 is 0 Å². The Balaban J connectivity index is 1.32. The Kier molecular flexibility index (Phi) is 8.15. The Hall–Kier alpha value is -7.48. The zero-order valence-corrected chi connectivity index (χ0v) is 33.3. The van der Waals surface area contributed by atoms with Crippen molar-refractivity contribution in [3.63, 3.8) is 0 Å². The van der Waals surface area contributed by atoms with E-state index in [1.807, 2.05) is 84.9 Å². The summed E-state index contributed by atoms with van der Waals surface area (Å²) in [6, 6.07) is 48.4. The molecule has 0 N–H and O–H groups in total. The molecule has 12 rings (SSSR count). The molecule has 63 heavy (non-hydrogen) atoms. The van der Waals surface area contributed by atoms with Crippen molar-refractivity contribution in [2.24, 2.45) is 0 Å². The maximum atomic E-state index is 15.4. The second-order valence-corrected chi connectivity index (χ2v) is 16.7.